The van der Waals surface area contributed by atoms with Gasteiger partial charge in [0.25, 0.3) is 0 Å². The second-order valence-corrected chi connectivity index (χ2v) is 8.47. The maximum absolute atomic E-state index is 5.74. The van der Waals surface area contributed by atoms with Crippen LogP contribution in [0.15, 0.2) is 35.6 Å². The summed E-state index contributed by atoms with van der Waals surface area (Å²) < 4.78 is 8.47. The van der Waals surface area contributed by atoms with E-state index in [-0.39, 0.29) is 6.10 Å². The van der Waals surface area contributed by atoms with Crippen molar-refractivity contribution in [3.63, 3.8) is 0 Å². The van der Waals surface area contributed by atoms with Gasteiger partial charge in [0.1, 0.15) is 6.33 Å². The van der Waals surface area contributed by atoms with Gasteiger partial charge >= 0.3 is 0 Å². The van der Waals surface area contributed by atoms with Crippen LogP contribution in [0.25, 0.3) is 0 Å². The molecule has 2 fully saturated rings. The van der Waals surface area contributed by atoms with Crippen LogP contribution in [-0.2, 0) is 11.3 Å². The second-order valence-electron chi connectivity index (χ2n) is 7.56. The minimum Gasteiger partial charge on any atom is -0.374 e. The smallest absolute Gasteiger partial charge is 0.232 e. The zero-order valence-electron chi connectivity index (χ0n) is 17.4. The number of morpholine rings is 1. The van der Waals surface area contributed by atoms with Crippen LogP contribution >= 0.6 is 15.9 Å². The van der Waals surface area contributed by atoms with E-state index in [4.69, 9.17) is 4.74 Å². The van der Waals surface area contributed by atoms with Crippen LogP contribution in [-0.4, -0.2) is 86.7 Å². The molecular weight excluding hydrogens is 478 g/mol. The zero-order chi connectivity index (χ0) is 21.8. The van der Waals surface area contributed by atoms with E-state index in [1.54, 1.807) is 18.6 Å². The minimum absolute atomic E-state index is 0.127. The highest BCUT2D eigenvalue weighted by atomic mass is 79.9. The summed E-state index contributed by atoms with van der Waals surface area (Å²) in [5, 5.41) is 11.0. The van der Waals surface area contributed by atoms with Crippen molar-refractivity contribution in [2.24, 2.45) is 0 Å². The number of ether oxygens (including phenoxy) is 1. The fourth-order valence-electron chi connectivity index (χ4n) is 3.68. The molecule has 5 rings (SSSR count). The van der Waals surface area contributed by atoms with Crippen LogP contribution in [0.3, 0.4) is 0 Å². The van der Waals surface area contributed by atoms with Crippen molar-refractivity contribution < 1.29 is 4.74 Å². The Balaban J connectivity index is 1.18. The van der Waals surface area contributed by atoms with Gasteiger partial charge in [-0.25, -0.2) is 19.9 Å². The van der Waals surface area contributed by atoms with Crippen LogP contribution in [0.1, 0.15) is 0 Å². The fraction of sp³-hybridized carbons (Fsp3) is 0.474. The molecule has 0 radical (unpaired) electrons. The summed E-state index contributed by atoms with van der Waals surface area (Å²) in [5.41, 5.74) is 0.822. The van der Waals surface area contributed by atoms with Gasteiger partial charge in [0, 0.05) is 57.9 Å². The number of anilines is 4. The second kappa shape index (κ2) is 9.71. The normalized spacial score (nSPS) is 19.2. The van der Waals surface area contributed by atoms with Gasteiger partial charge in [0.15, 0.2) is 0 Å². The number of hydrogen-bond acceptors (Lipinski definition) is 11. The third-order valence-corrected chi connectivity index (χ3v) is 5.71. The average molecular weight is 502 g/mol. The van der Waals surface area contributed by atoms with Gasteiger partial charge in [-0.2, -0.15) is 10.1 Å². The lowest BCUT2D eigenvalue weighted by Gasteiger charge is -2.34. The zero-order valence-corrected chi connectivity index (χ0v) is 19.0. The molecule has 3 aromatic heterocycles. The lowest BCUT2D eigenvalue weighted by Crippen LogP contribution is -2.47. The van der Waals surface area contributed by atoms with Gasteiger partial charge in [-0.1, -0.05) is 0 Å². The number of aromatic nitrogens is 7. The maximum atomic E-state index is 5.74. The Morgan fingerprint density at radius 3 is 2.56 bits per heavy atom. The van der Waals surface area contributed by atoms with E-state index in [1.165, 1.54) is 6.33 Å². The molecule has 3 aromatic rings. The molecule has 5 heterocycles. The highest BCUT2D eigenvalue weighted by Gasteiger charge is 2.21. The van der Waals surface area contributed by atoms with Crippen LogP contribution in [0.4, 0.5) is 23.5 Å². The molecule has 0 aromatic carbocycles. The maximum Gasteiger partial charge on any atom is 0.232 e. The minimum atomic E-state index is 0.127. The average Bonchev–Trinajstić information content (AvgIpc) is 3.27. The van der Waals surface area contributed by atoms with Gasteiger partial charge in [0.2, 0.25) is 17.8 Å². The number of nitrogens with zero attached hydrogens (tertiary/aromatic N) is 9. The Kier molecular flexibility index (Phi) is 6.36. The van der Waals surface area contributed by atoms with Gasteiger partial charge in [-0.05, 0) is 15.9 Å². The first-order valence-corrected chi connectivity index (χ1v) is 11.3. The van der Waals surface area contributed by atoms with Crippen LogP contribution in [0, 0.1) is 0 Å². The van der Waals surface area contributed by atoms with Crippen molar-refractivity contribution in [3.05, 3.63) is 35.6 Å². The van der Waals surface area contributed by atoms with Gasteiger partial charge < -0.3 is 25.2 Å². The standard InChI is InChI=1S/C19H24BrN11O/c20-14-7-22-18(23-8-14)29-2-4-30(5-3-29)19-25-13-24-17(28-19)27-15-9-26-31(11-15)12-16-10-21-1-6-32-16/h7-9,11,13,16,21H,1-6,10,12H2,(H,24,25,27,28)/t16-/m0/s1. The molecule has 0 saturated carbocycles. The van der Waals surface area contributed by atoms with E-state index in [2.05, 4.69) is 66.4 Å². The number of piperazine rings is 1. The first-order valence-electron chi connectivity index (χ1n) is 10.5. The molecule has 168 valence electrons. The first-order chi connectivity index (χ1) is 15.7. The number of rotatable bonds is 6. The Morgan fingerprint density at radius 2 is 1.81 bits per heavy atom. The van der Waals surface area contributed by atoms with Crippen molar-refractivity contribution >= 4 is 39.5 Å². The van der Waals surface area contributed by atoms with Crippen LogP contribution in [0.2, 0.25) is 0 Å². The van der Waals surface area contributed by atoms with Crippen molar-refractivity contribution in [2.45, 2.75) is 12.6 Å². The van der Waals surface area contributed by atoms with Gasteiger partial charge in [-0.15, -0.1) is 0 Å². The Hall–Kier alpha value is -2.90. The van der Waals surface area contributed by atoms with E-state index >= 15 is 0 Å². The van der Waals surface area contributed by atoms with Crippen molar-refractivity contribution in [1.29, 1.82) is 0 Å². The Morgan fingerprint density at radius 1 is 1.03 bits per heavy atom. The third-order valence-electron chi connectivity index (χ3n) is 5.30. The molecule has 13 heteroatoms. The molecular formula is C19H24BrN11O. The van der Waals surface area contributed by atoms with E-state index < -0.39 is 0 Å². The summed E-state index contributed by atoms with van der Waals surface area (Å²) in [4.78, 5) is 26.3. The summed E-state index contributed by atoms with van der Waals surface area (Å²) in [7, 11) is 0. The topological polar surface area (TPSA) is 122 Å². The monoisotopic (exact) mass is 501 g/mol. The molecule has 0 amide bonds. The molecule has 0 bridgehead atoms. The number of halogens is 1. The summed E-state index contributed by atoms with van der Waals surface area (Å²) >= 11 is 3.37. The molecule has 2 saturated heterocycles. The molecule has 12 nitrogen and oxygen atoms in total. The van der Waals surface area contributed by atoms with Crippen molar-refractivity contribution in [2.75, 3.05) is 61.0 Å². The lowest BCUT2D eigenvalue weighted by atomic mass is 10.3. The molecule has 1 atom stereocenters. The largest absolute Gasteiger partial charge is 0.374 e. The Labute approximate surface area is 193 Å². The molecule has 0 spiro atoms. The summed E-state index contributed by atoms with van der Waals surface area (Å²) in [6, 6.07) is 0. The highest BCUT2D eigenvalue weighted by molar-refractivity contribution is 9.10. The predicted molar refractivity (Wildman–Crippen MR) is 122 cm³/mol. The number of nitrogens with one attached hydrogen (secondary N) is 2. The van der Waals surface area contributed by atoms with E-state index in [1.807, 2.05) is 10.9 Å². The third kappa shape index (κ3) is 5.11. The Bertz CT molecular complexity index is 1020. The molecule has 32 heavy (non-hydrogen) atoms. The van der Waals surface area contributed by atoms with E-state index in [9.17, 15) is 0 Å². The molecule has 2 aliphatic heterocycles. The van der Waals surface area contributed by atoms with E-state index in [0.29, 0.717) is 18.4 Å². The first kappa shape index (κ1) is 21.0. The fourth-order valence-corrected chi connectivity index (χ4v) is 3.88. The van der Waals surface area contributed by atoms with Gasteiger partial charge in [0.05, 0.1) is 35.6 Å². The van der Waals surface area contributed by atoms with Gasteiger partial charge in [-0.3, -0.25) is 4.68 Å². The van der Waals surface area contributed by atoms with Crippen LogP contribution in [0.5, 0.6) is 0 Å². The summed E-state index contributed by atoms with van der Waals surface area (Å²) in [5.74, 6) is 1.87. The van der Waals surface area contributed by atoms with E-state index in [0.717, 1.165) is 62.0 Å². The molecule has 0 aliphatic carbocycles. The number of hydrogen-bond donors (Lipinski definition) is 2. The van der Waals surface area contributed by atoms with Crippen LogP contribution < -0.4 is 20.4 Å². The highest BCUT2D eigenvalue weighted by Crippen LogP contribution is 2.18. The lowest BCUT2D eigenvalue weighted by molar-refractivity contribution is 0.0161. The molecule has 0 unspecified atom stereocenters. The van der Waals surface area contributed by atoms with Crippen molar-refractivity contribution in [3.8, 4) is 0 Å². The summed E-state index contributed by atoms with van der Waals surface area (Å²) in [6.07, 6.45) is 8.87. The van der Waals surface area contributed by atoms with Crippen molar-refractivity contribution in [1.82, 2.24) is 40.0 Å². The quantitative estimate of drug-likeness (QED) is 0.495. The predicted octanol–water partition coefficient (Wildman–Crippen LogP) is 0.679. The molecule has 2 aliphatic rings. The SMILES string of the molecule is Brc1cnc(N2CCN(c3ncnc(Nc4cnn(C[C@@H]5CNCCO5)c4)n3)CC2)nc1. The summed E-state index contributed by atoms with van der Waals surface area (Å²) in [6.45, 7) is 6.30. The molecule has 2 N–H and O–H groups in total.